The maximum atomic E-state index is 11.8. The number of rotatable bonds is 4. The van der Waals surface area contributed by atoms with Crippen molar-refractivity contribution in [2.45, 2.75) is 25.8 Å². The molecule has 0 saturated heterocycles. The number of terminal acetylenes is 1. The second-order valence-corrected chi connectivity index (χ2v) is 4.92. The third-order valence-corrected chi connectivity index (χ3v) is 3.64. The lowest BCUT2D eigenvalue weighted by molar-refractivity contribution is 0.165. The van der Waals surface area contributed by atoms with Gasteiger partial charge in [-0.05, 0) is 43.0 Å². The van der Waals surface area contributed by atoms with Gasteiger partial charge in [0.05, 0.1) is 6.54 Å². The van der Waals surface area contributed by atoms with Gasteiger partial charge >= 0.3 is 6.09 Å². The zero-order chi connectivity index (χ0) is 14.5. The van der Waals surface area contributed by atoms with Crippen LogP contribution in [0.15, 0.2) is 18.2 Å². The summed E-state index contributed by atoms with van der Waals surface area (Å²) < 4.78 is 5.36. The quantitative estimate of drug-likeness (QED) is 0.870. The number of hydrogen-bond acceptors (Lipinski definition) is 3. The summed E-state index contributed by atoms with van der Waals surface area (Å²) in [5.74, 6) is 3.18. The van der Waals surface area contributed by atoms with Crippen LogP contribution in [-0.2, 0) is 6.42 Å². The van der Waals surface area contributed by atoms with Gasteiger partial charge in [0, 0.05) is 19.6 Å². The highest BCUT2D eigenvalue weighted by molar-refractivity contribution is 5.85. The Labute approximate surface area is 132 Å². The summed E-state index contributed by atoms with van der Waals surface area (Å²) in [6.07, 6.45) is 7.01. The number of amides is 1. The first-order valence-electron chi connectivity index (χ1n) is 6.88. The van der Waals surface area contributed by atoms with Crippen LogP contribution in [0.1, 0.15) is 30.5 Å². The smallest absolute Gasteiger partial charge is 0.410 e. The van der Waals surface area contributed by atoms with Crippen LogP contribution in [0, 0.1) is 12.3 Å². The van der Waals surface area contributed by atoms with E-state index in [1.807, 2.05) is 25.1 Å². The Kier molecular flexibility index (Phi) is 6.54. The number of ether oxygens (including phenoxy) is 1. The van der Waals surface area contributed by atoms with E-state index in [-0.39, 0.29) is 24.5 Å². The van der Waals surface area contributed by atoms with E-state index in [1.165, 1.54) is 16.0 Å². The highest BCUT2D eigenvalue weighted by Crippen LogP contribution is 2.33. The number of hydrogen-bond donors (Lipinski definition) is 1. The summed E-state index contributed by atoms with van der Waals surface area (Å²) in [6.45, 7) is 3.08. The van der Waals surface area contributed by atoms with Gasteiger partial charge < -0.3 is 9.64 Å². The van der Waals surface area contributed by atoms with E-state index >= 15 is 0 Å². The average molecular weight is 309 g/mol. The monoisotopic (exact) mass is 308 g/mol. The van der Waals surface area contributed by atoms with E-state index in [9.17, 15) is 4.79 Å². The molecule has 0 saturated carbocycles. The first-order valence-corrected chi connectivity index (χ1v) is 6.88. The fourth-order valence-electron chi connectivity index (χ4n) is 2.35. The van der Waals surface area contributed by atoms with Crippen molar-refractivity contribution in [3.63, 3.8) is 0 Å². The number of nitrogens with zero attached hydrogens (tertiary/aromatic N) is 1. The molecule has 1 aromatic rings. The summed E-state index contributed by atoms with van der Waals surface area (Å²) >= 11 is 0. The molecule has 114 valence electrons. The Bertz CT molecular complexity index is 540. The van der Waals surface area contributed by atoms with Crippen molar-refractivity contribution in [3.05, 3.63) is 29.3 Å². The zero-order valence-electron chi connectivity index (χ0n) is 12.4. The van der Waals surface area contributed by atoms with Crippen LogP contribution in [0.3, 0.4) is 0 Å². The van der Waals surface area contributed by atoms with Crippen molar-refractivity contribution in [2.24, 2.45) is 0 Å². The van der Waals surface area contributed by atoms with Gasteiger partial charge in [-0.2, -0.15) is 0 Å². The summed E-state index contributed by atoms with van der Waals surface area (Å²) in [7, 11) is 1.72. The average Bonchev–Trinajstić information content (AvgIpc) is 2.86. The van der Waals surface area contributed by atoms with E-state index in [0.29, 0.717) is 18.8 Å². The van der Waals surface area contributed by atoms with Gasteiger partial charge in [0.1, 0.15) is 5.75 Å². The largest absolute Gasteiger partial charge is 0.414 e. The van der Waals surface area contributed by atoms with Crippen molar-refractivity contribution in [1.82, 2.24) is 10.2 Å². The number of nitrogens with one attached hydrogen (secondary N) is 1. The number of fused-ring (bicyclic) bond motifs is 1. The molecule has 0 aliphatic heterocycles. The lowest BCUT2D eigenvalue weighted by atomic mass is 10.1. The van der Waals surface area contributed by atoms with Gasteiger partial charge in [0.15, 0.2) is 0 Å². The van der Waals surface area contributed by atoms with Gasteiger partial charge in [0.25, 0.3) is 0 Å². The highest BCUT2D eigenvalue weighted by Gasteiger charge is 2.22. The summed E-state index contributed by atoms with van der Waals surface area (Å²) in [5.41, 5.74) is 2.48. The predicted octanol–water partition coefficient (Wildman–Crippen LogP) is 2.77. The van der Waals surface area contributed by atoms with Gasteiger partial charge in [-0.15, -0.1) is 18.8 Å². The highest BCUT2D eigenvalue weighted by atomic mass is 35.5. The molecule has 0 aromatic heterocycles. The topological polar surface area (TPSA) is 41.6 Å². The lowest BCUT2D eigenvalue weighted by Crippen LogP contribution is -2.29. The minimum absolute atomic E-state index is 0. The molecule has 0 radical (unpaired) electrons. The second-order valence-electron chi connectivity index (χ2n) is 4.92. The Morgan fingerprint density at radius 2 is 2.33 bits per heavy atom. The molecular weight excluding hydrogens is 288 g/mol. The minimum Gasteiger partial charge on any atom is -0.410 e. The maximum absolute atomic E-state index is 11.8. The molecule has 1 amide bonds. The fourth-order valence-corrected chi connectivity index (χ4v) is 2.35. The molecule has 1 aromatic carbocycles. The Balaban J connectivity index is 0.00000220. The van der Waals surface area contributed by atoms with Gasteiger partial charge in [-0.25, -0.2) is 4.79 Å². The molecule has 0 spiro atoms. The third-order valence-electron chi connectivity index (χ3n) is 3.64. The minimum atomic E-state index is -0.335. The SMILES string of the molecule is C#CCNC1CCc2ccc(OC(=O)N(C)CC)cc21.Cl. The van der Waals surface area contributed by atoms with E-state index in [0.717, 1.165) is 12.8 Å². The first kappa shape index (κ1) is 17.4. The number of carbonyl (C=O) groups excluding carboxylic acids is 1. The fraction of sp³-hybridized carbons (Fsp3) is 0.438. The molecule has 0 fully saturated rings. The maximum Gasteiger partial charge on any atom is 0.414 e. The van der Waals surface area contributed by atoms with E-state index in [1.54, 1.807) is 7.05 Å². The van der Waals surface area contributed by atoms with E-state index < -0.39 is 0 Å². The van der Waals surface area contributed by atoms with Crippen LogP contribution < -0.4 is 10.1 Å². The van der Waals surface area contributed by atoms with Crippen molar-refractivity contribution >= 4 is 18.5 Å². The second kappa shape index (κ2) is 7.92. The van der Waals surface area contributed by atoms with Crippen LogP contribution in [0.5, 0.6) is 5.75 Å². The molecule has 5 heteroatoms. The Morgan fingerprint density at radius 3 is 3.00 bits per heavy atom. The molecular formula is C16H21ClN2O2. The normalized spacial score (nSPS) is 15.6. The molecule has 4 nitrogen and oxygen atoms in total. The number of benzene rings is 1. The zero-order valence-corrected chi connectivity index (χ0v) is 13.2. The van der Waals surface area contributed by atoms with Crippen molar-refractivity contribution < 1.29 is 9.53 Å². The molecule has 1 atom stereocenters. The standard InChI is InChI=1S/C16H20N2O2.ClH/c1-4-10-17-15-9-7-12-6-8-13(11-14(12)15)20-16(19)18(3)5-2;/h1,6,8,11,15,17H,5,7,9-10H2,2-3H3;1H. The molecule has 1 aliphatic carbocycles. The summed E-state index contributed by atoms with van der Waals surface area (Å²) in [6, 6.07) is 6.08. The van der Waals surface area contributed by atoms with Crippen LogP contribution in [-0.4, -0.2) is 31.1 Å². The molecule has 0 bridgehead atoms. The molecule has 1 unspecified atom stereocenters. The number of carbonyl (C=O) groups is 1. The number of aryl methyl sites for hydroxylation is 1. The van der Waals surface area contributed by atoms with Gasteiger partial charge in [-0.1, -0.05) is 12.0 Å². The molecule has 0 heterocycles. The lowest BCUT2D eigenvalue weighted by Gasteiger charge is -2.16. The molecule has 21 heavy (non-hydrogen) atoms. The predicted molar refractivity (Wildman–Crippen MR) is 85.9 cm³/mol. The van der Waals surface area contributed by atoms with Crippen LogP contribution >= 0.6 is 12.4 Å². The molecule has 1 aliphatic rings. The van der Waals surface area contributed by atoms with Crippen LogP contribution in [0.25, 0.3) is 0 Å². The van der Waals surface area contributed by atoms with Crippen molar-refractivity contribution in [1.29, 1.82) is 0 Å². The van der Waals surface area contributed by atoms with Crippen LogP contribution in [0.2, 0.25) is 0 Å². The van der Waals surface area contributed by atoms with Crippen molar-refractivity contribution in [3.8, 4) is 18.1 Å². The van der Waals surface area contributed by atoms with Crippen LogP contribution in [0.4, 0.5) is 4.79 Å². The van der Waals surface area contributed by atoms with E-state index in [4.69, 9.17) is 11.2 Å². The first-order chi connectivity index (χ1) is 9.65. The Hall–Kier alpha value is -1.70. The van der Waals surface area contributed by atoms with Gasteiger partial charge in [0.2, 0.25) is 0 Å². The third kappa shape index (κ3) is 4.13. The van der Waals surface area contributed by atoms with Crippen molar-refractivity contribution in [2.75, 3.05) is 20.1 Å². The number of halogens is 1. The summed E-state index contributed by atoms with van der Waals surface area (Å²) in [4.78, 5) is 13.3. The van der Waals surface area contributed by atoms with E-state index in [2.05, 4.69) is 11.2 Å². The molecule has 2 rings (SSSR count). The Morgan fingerprint density at radius 1 is 1.57 bits per heavy atom. The summed E-state index contributed by atoms with van der Waals surface area (Å²) in [5, 5.41) is 3.31. The molecule has 1 N–H and O–H groups in total. The van der Waals surface area contributed by atoms with Gasteiger partial charge in [-0.3, -0.25) is 5.32 Å².